The molecule has 0 aliphatic heterocycles. The largest absolute Gasteiger partial charge is 0.383 e. The normalized spacial score (nSPS) is 11.8. The number of rotatable bonds is 7. The van der Waals surface area contributed by atoms with Crippen LogP contribution in [0.2, 0.25) is 0 Å². The fraction of sp³-hybridized carbons (Fsp3) is 0.533. The molecule has 1 aromatic carbocycles. The zero-order valence-corrected chi connectivity index (χ0v) is 12.8. The number of carbonyl (C=O) groups excluding carboxylic acids is 1. The molecule has 0 radical (unpaired) electrons. The first-order chi connectivity index (χ1) is 9.60. The van der Waals surface area contributed by atoms with Crippen LogP contribution in [0.3, 0.4) is 0 Å². The standard InChI is InChI=1S/C15H25N3O2/c1-5-12(11-20-4)16-15(19)17-13-8-7-9-14(10-13)18(3)6-2/h7-10,12H,5-6,11H2,1-4H3,(H2,16,17,19)/t12-/m1/s1. The number of nitrogens with one attached hydrogen (secondary N) is 2. The molecule has 2 N–H and O–H groups in total. The number of carbonyl (C=O) groups is 1. The zero-order valence-electron chi connectivity index (χ0n) is 12.8. The van der Waals surface area contributed by atoms with Crippen molar-refractivity contribution in [3.63, 3.8) is 0 Å². The van der Waals surface area contributed by atoms with Crippen LogP contribution >= 0.6 is 0 Å². The Balaban J connectivity index is 2.61. The van der Waals surface area contributed by atoms with Crippen LogP contribution in [0, 0.1) is 0 Å². The summed E-state index contributed by atoms with van der Waals surface area (Å²) in [5.41, 5.74) is 1.86. The van der Waals surface area contributed by atoms with Gasteiger partial charge in [-0.05, 0) is 31.5 Å². The third-order valence-corrected chi connectivity index (χ3v) is 3.22. The second-order valence-electron chi connectivity index (χ2n) is 4.72. The van der Waals surface area contributed by atoms with Gasteiger partial charge in [0.1, 0.15) is 0 Å². The highest BCUT2D eigenvalue weighted by atomic mass is 16.5. The van der Waals surface area contributed by atoms with Gasteiger partial charge in [0.25, 0.3) is 0 Å². The van der Waals surface area contributed by atoms with Crippen molar-refractivity contribution in [2.45, 2.75) is 26.3 Å². The molecule has 5 heteroatoms. The maximum absolute atomic E-state index is 11.9. The lowest BCUT2D eigenvalue weighted by atomic mass is 10.2. The summed E-state index contributed by atoms with van der Waals surface area (Å²) in [6.07, 6.45) is 0.833. The predicted molar refractivity (Wildman–Crippen MR) is 83.5 cm³/mol. The van der Waals surface area contributed by atoms with Gasteiger partial charge < -0.3 is 20.3 Å². The number of ether oxygens (including phenoxy) is 1. The Bertz CT molecular complexity index is 423. The molecule has 1 rings (SSSR count). The van der Waals surface area contributed by atoms with Crippen LogP contribution < -0.4 is 15.5 Å². The van der Waals surface area contributed by atoms with Gasteiger partial charge in [-0.3, -0.25) is 0 Å². The lowest BCUT2D eigenvalue weighted by Crippen LogP contribution is -2.40. The molecule has 0 unspecified atom stereocenters. The Morgan fingerprint density at radius 3 is 2.75 bits per heavy atom. The first kappa shape index (κ1) is 16.3. The van der Waals surface area contributed by atoms with Crippen LogP contribution in [0.4, 0.5) is 16.2 Å². The van der Waals surface area contributed by atoms with E-state index in [-0.39, 0.29) is 12.1 Å². The lowest BCUT2D eigenvalue weighted by molar-refractivity contribution is 0.165. The summed E-state index contributed by atoms with van der Waals surface area (Å²) < 4.78 is 5.06. The highest BCUT2D eigenvalue weighted by Gasteiger charge is 2.10. The van der Waals surface area contributed by atoms with Gasteiger partial charge in [-0.25, -0.2) is 4.79 Å². The fourth-order valence-corrected chi connectivity index (χ4v) is 1.82. The first-order valence-corrected chi connectivity index (χ1v) is 6.98. The van der Waals surface area contributed by atoms with E-state index >= 15 is 0 Å². The maximum atomic E-state index is 11.9. The monoisotopic (exact) mass is 279 g/mol. The average Bonchev–Trinajstić information content (AvgIpc) is 2.46. The smallest absolute Gasteiger partial charge is 0.319 e. The van der Waals surface area contributed by atoms with Gasteiger partial charge in [0.15, 0.2) is 0 Å². The summed E-state index contributed by atoms with van der Waals surface area (Å²) in [4.78, 5) is 14.0. The molecule has 2 amide bonds. The Morgan fingerprint density at radius 2 is 2.15 bits per heavy atom. The van der Waals surface area contributed by atoms with Gasteiger partial charge in [-0.1, -0.05) is 13.0 Å². The Labute approximate surface area is 121 Å². The van der Waals surface area contributed by atoms with Crippen molar-refractivity contribution in [2.75, 3.05) is 37.5 Å². The molecule has 0 saturated heterocycles. The quantitative estimate of drug-likeness (QED) is 0.807. The van der Waals surface area contributed by atoms with Crippen LogP contribution in [0.25, 0.3) is 0 Å². The summed E-state index contributed by atoms with van der Waals surface area (Å²) in [6.45, 7) is 5.54. The molecule has 1 aromatic rings. The van der Waals surface area contributed by atoms with Gasteiger partial charge in [0.05, 0.1) is 12.6 Å². The fourth-order valence-electron chi connectivity index (χ4n) is 1.82. The van der Waals surface area contributed by atoms with Gasteiger partial charge in [-0.15, -0.1) is 0 Å². The number of nitrogens with zero attached hydrogens (tertiary/aromatic N) is 1. The number of hydrogen-bond donors (Lipinski definition) is 2. The number of benzene rings is 1. The number of methoxy groups -OCH3 is 1. The average molecular weight is 279 g/mol. The van der Waals surface area contributed by atoms with Gasteiger partial charge >= 0.3 is 6.03 Å². The van der Waals surface area contributed by atoms with Crippen LogP contribution in [-0.4, -0.2) is 39.4 Å². The van der Waals surface area contributed by atoms with Gasteiger partial charge in [0.2, 0.25) is 0 Å². The van der Waals surface area contributed by atoms with Crippen molar-refractivity contribution < 1.29 is 9.53 Å². The SMILES string of the molecule is CC[C@H](COC)NC(=O)Nc1cccc(N(C)CC)c1. The second-order valence-corrected chi connectivity index (χ2v) is 4.72. The van der Waals surface area contributed by atoms with E-state index in [1.165, 1.54) is 0 Å². The molecule has 0 aliphatic rings. The van der Waals surface area contributed by atoms with Crippen LogP contribution in [0.15, 0.2) is 24.3 Å². The molecule has 0 heterocycles. The molecular formula is C15H25N3O2. The Kier molecular flexibility index (Phi) is 6.87. The summed E-state index contributed by atoms with van der Waals surface area (Å²) in [6, 6.07) is 7.62. The summed E-state index contributed by atoms with van der Waals surface area (Å²) in [5.74, 6) is 0. The molecule has 5 nitrogen and oxygen atoms in total. The molecule has 112 valence electrons. The third kappa shape index (κ3) is 5.09. The van der Waals surface area contributed by atoms with Crippen LogP contribution in [0.5, 0.6) is 0 Å². The zero-order chi connectivity index (χ0) is 15.0. The van der Waals surface area contributed by atoms with E-state index in [9.17, 15) is 4.79 Å². The summed E-state index contributed by atoms with van der Waals surface area (Å²) in [5, 5.41) is 5.74. The minimum Gasteiger partial charge on any atom is -0.383 e. The molecular weight excluding hydrogens is 254 g/mol. The van der Waals surface area contributed by atoms with E-state index in [2.05, 4.69) is 22.5 Å². The van der Waals surface area contributed by atoms with Crippen molar-refractivity contribution >= 4 is 17.4 Å². The van der Waals surface area contributed by atoms with E-state index in [1.54, 1.807) is 7.11 Å². The minimum absolute atomic E-state index is 0.0292. The predicted octanol–water partition coefficient (Wildman–Crippen LogP) is 2.69. The second kappa shape index (κ2) is 8.43. The Hall–Kier alpha value is -1.75. The third-order valence-electron chi connectivity index (χ3n) is 3.22. The summed E-state index contributed by atoms with van der Waals surface area (Å²) in [7, 11) is 3.65. The number of anilines is 2. The molecule has 0 saturated carbocycles. The topological polar surface area (TPSA) is 53.6 Å². The first-order valence-electron chi connectivity index (χ1n) is 6.98. The van der Waals surface area contributed by atoms with Crippen molar-refractivity contribution in [3.8, 4) is 0 Å². The lowest BCUT2D eigenvalue weighted by Gasteiger charge is -2.19. The molecule has 0 spiro atoms. The van der Waals surface area contributed by atoms with Crippen LogP contribution in [0.1, 0.15) is 20.3 Å². The van der Waals surface area contributed by atoms with Crippen molar-refractivity contribution in [3.05, 3.63) is 24.3 Å². The maximum Gasteiger partial charge on any atom is 0.319 e. The van der Waals surface area contributed by atoms with Gasteiger partial charge in [0, 0.05) is 32.1 Å². The molecule has 0 aromatic heterocycles. The number of amides is 2. The van der Waals surface area contributed by atoms with Gasteiger partial charge in [-0.2, -0.15) is 0 Å². The Morgan fingerprint density at radius 1 is 1.40 bits per heavy atom. The van der Waals surface area contributed by atoms with Crippen molar-refractivity contribution in [1.82, 2.24) is 5.32 Å². The highest BCUT2D eigenvalue weighted by Crippen LogP contribution is 2.18. The van der Waals surface area contributed by atoms with Crippen molar-refractivity contribution in [1.29, 1.82) is 0 Å². The molecule has 1 atom stereocenters. The van der Waals surface area contributed by atoms with E-state index in [0.717, 1.165) is 24.3 Å². The van der Waals surface area contributed by atoms with E-state index in [4.69, 9.17) is 4.74 Å². The molecule has 0 bridgehead atoms. The van der Waals surface area contributed by atoms with Crippen LogP contribution in [-0.2, 0) is 4.74 Å². The molecule has 0 aliphatic carbocycles. The number of hydrogen-bond acceptors (Lipinski definition) is 3. The van der Waals surface area contributed by atoms with E-state index < -0.39 is 0 Å². The highest BCUT2D eigenvalue weighted by molar-refractivity contribution is 5.90. The van der Waals surface area contributed by atoms with Crippen molar-refractivity contribution in [2.24, 2.45) is 0 Å². The van der Waals surface area contributed by atoms with E-state index in [0.29, 0.717) is 6.61 Å². The number of urea groups is 1. The molecule has 0 fully saturated rings. The summed E-state index contributed by atoms with van der Waals surface area (Å²) >= 11 is 0. The van der Waals surface area contributed by atoms with E-state index in [1.807, 2.05) is 38.2 Å². The minimum atomic E-state index is -0.204. The molecule has 20 heavy (non-hydrogen) atoms.